The lowest BCUT2D eigenvalue weighted by atomic mass is 9.99. The molecule has 1 aliphatic heterocycles. The number of aliphatic hydroxyl groups is 2. The maximum atomic E-state index is 9.46. The van der Waals surface area contributed by atoms with Gasteiger partial charge >= 0.3 is 0 Å². The molecule has 0 aliphatic carbocycles. The summed E-state index contributed by atoms with van der Waals surface area (Å²) >= 11 is 0. The average molecular weight is 355 g/mol. The van der Waals surface area contributed by atoms with Crippen LogP contribution in [0.5, 0.6) is 5.75 Å². The molecule has 8 heteroatoms. The molecule has 2 N–H and O–H groups in total. The Morgan fingerprint density at radius 1 is 1.15 bits per heavy atom. The number of imidazole rings is 1. The monoisotopic (exact) mass is 355 g/mol. The first-order valence-corrected chi connectivity index (χ1v) is 8.55. The van der Waals surface area contributed by atoms with Crippen molar-refractivity contribution in [2.24, 2.45) is 0 Å². The van der Waals surface area contributed by atoms with Gasteiger partial charge in [0.05, 0.1) is 32.7 Å². The van der Waals surface area contributed by atoms with Crippen molar-refractivity contribution in [3.05, 3.63) is 42.0 Å². The minimum Gasteiger partial charge on any atom is -0.497 e. The predicted molar refractivity (Wildman–Crippen MR) is 96.3 cm³/mol. The van der Waals surface area contributed by atoms with Gasteiger partial charge in [-0.15, -0.1) is 0 Å². The first kappa shape index (κ1) is 16.7. The largest absolute Gasteiger partial charge is 0.497 e. The fourth-order valence-electron chi connectivity index (χ4n) is 3.41. The molecular weight excluding hydrogens is 334 g/mol. The standard InChI is InChI=1S/C18H21N5O3/c1-26-15-3-2-12-4-5-22(7-13(12)6-15)17-16-18(20-10-19-17)23(11-21-16)14(8-24)9-25/h2-3,6,10-11,14,24-25H,4-5,7-9H2,1H3. The van der Waals surface area contributed by atoms with Crippen LogP contribution >= 0.6 is 0 Å². The number of aliphatic hydroxyl groups excluding tert-OH is 2. The molecule has 0 spiro atoms. The molecule has 3 heterocycles. The normalized spacial score (nSPS) is 14.1. The lowest BCUT2D eigenvalue weighted by Gasteiger charge is -2.30. The maximum absolute atomic E-state index is 9.46. The highest BCUT2D eigenvalue weighted by atomic mass is 16.5. The quantitative estimate of drug-likeness (QED) is 0.702. The van der Waals surface area contributed by atoms with Crippen molar-refractivity contribution in [1.82, 2.24) is 19.5 Å². The molecule has 8 nitrogen and oxygen atoms in total. The van der Waals surface area contributed by atoms with E-state index in [2.05, 4.69) is 32.0 Å². The van der Waals surface area contributed by atoms with Crippen molar-refractivity contribution in [1.29, 1.82) is 0 Å². The Hall–Kier alpha value is -2.71. The van der Waals surface area contributed by atoms with Crippen molar-refractivity contribution in [2.75, 3.05) is 31.8 Å². The number of methoxy groups -OCH3 is 1. The molecule has 26 heavy (non-hydrogen) atoms. The van der Waals surface area contributed by atoms with Gasteiger partial charge in [-0.2, -0.15) is 0 Å². The van der Waals surface area contributed by atoms with Crippen molar-refractivity contribution in [2.45, 2.75) is 19.0 Å². The molecule has 1 aliphatic rings. The van der Waals surface area contributed by atoms with E-state index in [0.717, 1.165) is 31.1 Å². The van der Waals surface area contributed by atoms with Crippen LogP contribution < -0.4 is 9.64 Å². The number of aromatic nitrogens is 4. The first-order valence-electron chi connectivity index (χ1n) is 8.55. The Kier molecular flexibility index (Phi) is 4.44. The second-order valence-electron chi connectivity index (χ2n) is 6.35. The second kappa shape index (κ2) is 6.89. The minimum atomic E-state index is -0.464. The van der Waals surface area contributed by atoms with Crippen LogP contribution in [0.15, 0.2) is 30.9 Å². The zero-order valence-electron chi connectivity index (χ0n) is 14.5. The molecule has 3 aromatic rings. The summed E-state index contributed by atoms with van der Waals surface area (Å²) in [5.74, 6) is 1.60. The second-order valence-corrected chi connectivity index (χ2v) is 6.35. The molecular formula is C18H21N5O3. The summed E-state index contributed by atoms with van der Waals surface area (Å²) in [4.78, 5) is 15.4. The number of benzene rings is 1. The van der Waals surface area contributed by atoms with Gasteiger partial charge in [-0.05, 0) is 29.7 Å². The topological polar surface area (TPSA) is 96.5 Å². The average Bonchev–Trinajstić information content (AvgIpc) is 3.12. The minimum absolute atomic E-state index is 0.182. The van der Waals surface area contributed by atoms with E-state index < -0.39 is 6.04 Å². The van der Waals surface area contributed by atoms with E-state index in [0.29, 0.717) is 11.2 Å². The number of anilines is 1. The van der Waals surface area contributed by atoms with Crippen LogP contribution in [-0.4, -0.2) is 56.6 Å². The number of rotatable bonds is 5. The third kappa shape index (κ3) is 2.77. The summed E-state index contributed by atoms with van der Waals surface area (Å²) in [7, 11) is 1.67. The van der Waals surface area contributed by atoms with Crippen LogP contribution in [0.4, 0.5) is 5.82 Å². The highest BCUT2D eigenvalue weighted by Gasteiger charge is 2.23. The zero-order valence-corrected chi connectivity index (χ0v) is 14.5. The molecule has 0 saturated heterocycles. The zero-order chi connectivity index (χ0) is 18.1. The van der Waals surface area contributed by atoms with Crippen LogP contribution in [0.2, 0.25) is 0 Å². The Balaban J connectivity index is 1.71. The molecule has 136 valence electrons. The molecule has 0 atom stereocenters. The third-order valence-electron chi connectivity index (χ3n) is 4.88. The molecule has 0 radical (unpaired) electrons. The molecule has 4 rings (SSSR count). The number of hydrogen-bond acceptors (Lipinski definition) is 7. The van der Waals surface area contributed by atoms with E-state index >= 15 is 0 Å². The maximum Gasteiger partial charge on any atom is 0.165 e. The number of hydrogen-bond donors (Lipinski definition) is 2. The van der Waals surface area contributed by atoms with Crippen LogP contribution in [0.1, 0.15) is 17.2 Å². The van der Waals surface area contributed by atoms with E-state index in [9.17, 15) is 10.2 Å². The van der Waals surface area contributed by atoms with E-state index in [1.165, 1.54) is 17.5 Å². The van der Waals surface area contributed by atoms with Gasteiger partial charge in [0.25, 0.3) is 0 Å². The Morgan fingerprint density at radius 2 is 2.00 bits per heavy atom. The van der Waals surface area contributed by atoms with E-state index in [-0.39, 0.29) is 13.2 Å². The third-order valence-corrected chi connectivity index (χ3v) is 4.88. The fourth-order valence-corrected chi connectivity index (χ4v) is 3.41. The van der Waals surface area contributed by atoms with Gasteiger partial charge in [0.1, 0.15) is 12.1 Å². The molecule has 0 fully saturated rings. The van der Waals surface area contributed by atoms with Crippen LogP contribution in [0, 0.1) is 0 Å². The summed E-state index contributed by atoms with van der Waals surface area (Å²) in [6, 6.07) is 5.70. The summed E-state index contributed by atoms with van der Waals surface area (Å²) in [5, 5.41) is 18.9. The van der Waals surface area contributed by atoms with Crippen molar-refractivity contribution in [3.63, 3.8) is 0 Å². The number of ether oxygens (including phenoxy) is 1. The Labute approximate surface area is 150 Å². The molecule has 0 bridgehead atoms. The van der Waals surface area contributed by atoms with Gasteiger partial charge in [0.2, 0.25) is 0 Å². The Bertz CT molecular complexity index is 922. The van der Waals surface area contributed by atoms with Crippen LogP contribution in [0.25, 0.3) is 11.2 Å². The summed E-state index contributed by atoms with van der Waals surface area (Å²) in [6.45, 7) is 1.19. The van der Waals surface area contributed by atoms with Gasteiger partial charge < -0.3 is 24.4 Å². The summed E-state index contributed by atoms with van der Waals surface area (Å²) < 4.78 is 7.03. The molecule has 0 saturated carbocycles. The van der Waals surface area contributed by atoms with Gasteiger partial charge in [-0.1, -0.05) is 6.07 Å². The smallest absolute Gasteiger partial charge is 0.165 e. The highest BCUT2D eigenvalue weighted by Crippen LogP contribution is 2.30. The SMILES string of the molecule is COc1ccc2c(c1)CN(c1ncnc3c1ncn3C(CO)CO)CC2. The fraction of sp³-hybridized carbons (Fsp3) is 0.389. The molecule has 0 unspecified atom stereocenters. The molecule has 2 aromatic heterocycles. The van der Waals surface area contributed by atoms with Crippen molar-refractivity contribution >= 4 is 17.0 Å². The van der Waals surface area contributed by atoms with Crippen LogP contribution in [0.3, 0.4) is 0 Å². The summed E-state index contributed by atoms with van der Waals surface area (Å²) in [6.07, 6.45) is 4.02. The van der Waals surface area contributed by atoms with E-state index in [4.69, 9.17) is 4.74 Å². The van der Waals surface area contributed by atoms with Gasteiger partial charge in [-0.3, -0.25) is 0 Å². The van der Waals surface area contributed by atoms with Gasteiger partial charge in [0.15, 0.2) is 17.0 Å². The lowest BCUT2D eigenvalue weighted by Crippen LogP contribution is -2.31. The van der Waals surface area contributed by atoms with Crippen molar-refractivity contribution < 1.29 is 14.9 Å². The molecule has 1 aromatic carbocycles. The first-order chi connectivity index (χ1) is 12.7. The van der Waals surface area contributed by atoms with E-state index in [1.54, 1.807) is 18.0 Å². The highest BCUT2D eigenvalue weighted by molar-refractivity contribution is 5.83. The molecule has 0 amide bonds. The predicted octanol–water partition coefficient (Wildman–Crippen LogP) is 0.923. The summed E-state index contributed by atoms with van der Waals surface area (Å²) in [5.41, 5.74) is 3.81. The lowest BCUT2D eigenvalue weighted by molar-refractivity contribution is 0.156. The van der Waals surface area contributed by atoms with Crippen molar-refractivity contribution in [3.8, 4) is 5.75 Å². The van der Waals surface area contributed by atoms with Gasteiger partial charge in [-0.25, -0.2) is 15.0 Å². The number of fused-ring (bicyclic) bond motifs is 2. The number of nitrogens with zero attached hydrogens (tertiary/aromatic N) is 5. The van der Waals surface area contributed by atoms with E-state index in [1.807, 2.05) is 6.07 Å². The van der Waals surface area contributed by atoms with Gasteiger partial charge in [0, 0.05) is 13.1 Å². The van der Waals surface area contributed by atoms with Crippen LogP contribution in [-0.2, 0) is 13.0 Å². The Morgan fingerprint density at radius 3 is 2.77 bits per heavy atom.